The summed E-state index contributed by atoms with van der Waals surface area (Å²) in [5, 5.41) is 2.23. The van der Waals surface area contributed by atoms with Crippen LogP contribution in [0.15, 0.2) is 60.2 Å². The summed E-state index contributed by atoms with van der Waals surface area (Å²) < 4.78 is 11.3. The summed E-state index contributed by atoms with van der Waals surface area (Å²) in [7, 11) is 0. The largest absolute Gasteiger partial charge is 0.489 e. The van der Waals surface area contributed by atoms with Crippen molar-refractivity contribution in [2.75, 3.05) is 13.2 Å². The van der Waals surface area contributed by atoms with E-state index in [1.54, 1.807) is 24.3 Å². The van der Waals surface area contributed by atoms with Gasteiger partial charge in [-0.2, -0.15) is 0 Å². The number of rotatable bonds is 6. The van der Waals surface area contributed by atoms with E-state index in [1.807, 2.05) is 30.3 Å². The van der Waals surface area contributed by atoms with E-state index in [2.05, 4.69) is 5.32 Å². The van der Waals surface area contributed by atoms with Crippen LogP contribution in [0.3, 0.4) is 0 Å². The second-order valence-corrected chi connectivity index (χ2v) is 7.21. The molecule has 0 radical (unpaired) electrons. The van der Waals surface area contributed by atoms with Crippen molar-refractivity contribution in [3.8, 4) is 5.75 Å². The fourth-order valence-corrected chi connectivity index (χ4v) is 3.42. The van der Waals surface area contributed by atoms with Crippen molar-refractivity contribution in [1.29, 1.82) is 0 Å². The molecule has 1 atom stereocenters. The van der Waals surface area contributed by atoms with E-state index in [9.17, 15) is 14.4 Å². The molecule has 0 spiro atoms. The predicted molar refractivity (Wildman–Crippen MR) is 109 cm³/mol. The Balaban J connectivity index is 1.44. The zero-order valence-electron chi connectivity index (χ0n) is 16.4. The first kappa shape index (κ1) is 19.8. The Bertz CT molecular complexity index is 963. The molecule has 0 aliphatic carbocycles. The van der Waals surface area contributed by atoms with Crippen LogP contribution in [0.5, 0.6) is 5.75 Å². The number of imide groups is 2. The summed E-state index contributed by atoms with van der Waals surface area (Å²) in [6.45, 7) is 1.21. The summed E-state index contributed by atoms with van der Waals surface area (Å²) in [5.41, 5.74) is 1.64. The molecule has 0 unspecified atom stereocenters. The van der Waals surface area contributed by atoms with Crippen molar-refractivity contribution in [3.63, 3.8) is 0 Å². The molecule has 7 heteroatoms. The van der Waals surface area contributed by atoms with Gasteiger partial charge in [-0.05, 0) is 42.2 Å². The van der Waals surface area contributed by atoms with Crippen LogP contribution in [0, 0.1) is 0 Å². The Morgan fingerprint density at radius 3 is 2.53 bits per heavy atom. The Kier molecular flexibility index (Phi) is 5.90. The van der Waals surface area contributed by atoms with Crippen molar-refractivity contribution < 1.29 is 23.9 Å². The summed E-state index contributed by atoms with van der Waals surface area (Å²) >= 11 is 0. The number of nitrogens with one attached hydrogen (secondary N) is 1. The molecule has 0 saturated carbocycles. The molecule has 154 valence electrons. The molecular weight excluding hydrogens is 384 g/mol. The molecule has 4 amide bonds. The highest BCUT2D eigenvalue weighted by atomic mass is 16.5. The third-order valence-corrected chi connectivity index (χ3v) is 5.04. The molecule has 2 aliphatic heterocycles. The summed E-state index contributed by atoms with van der Waals surface area (Å²) in [6, 6.07) is 16.2. The quantitative estimate of drug-likeness (QED) is 0.589. The second kappa shape index (κ2) is 8.92. The molecule has 2 saturated heterocycles. The van der Waals surface area contributed by atoms with Gasteiger partial charge in [0.1, 0.15) is 17.9 Å². The van der Waals surface area contributed by atoms with Crippen LogP contribution < -0.4 is 10.1 Å². The summed E-state index contributed by atoms with van der Waals surface area (Å²) in [5.74, 6) is -0.628. The van der Waals surface area contributed by atoms with E-state index in [0.717, 1.165) is 23.3 Å². The maximum absolute atomic E-state index is 12.8. The minimum atomic E-state index is -0.706. The minimum Gasteiger partial charge on any atom is -0.489 e. The summed E-state index contributed by atoms with van der Waals surface area (Å²) in [6.07, 6.45) is 2.98. The van der Waals surface area contributed by atoms with Crippen LogP contribution in [0.1, 0.15) is 24.0 Å². The average Bonchev–Trinajstić information content (AvgIpc) is 3.28. The summed E-state index contributed by atoms with van der Waals surface area (Å²) in [4.78, 5) is 38.1. The number of nitrogens with zero attached hydrogens (tertiary/aromatic N) is 1. The molecule has 2 aliphatic rings. The molecule has 4 rings (SSSR count). The van der Waals surface area contributed by atoms with Gasteiger partial charge in [-0.25, -0.2) is 4.79 Å². The molecule has 30 heavy (non-hydrogen) atoms. The monoisotopic (exact) mass is 406 g/mol. The van der Waals surface area contributed by atoms with Gasteiger partial charge in [-0.3, -0.25) is 19.8 Å². The number of benzene rings is 2. The number of urea groups is 1. The van der Waals surface area contributed by atoms with Gasteiger partial charge in [0, 0.05) is 6.61 Å². The molecule has 2 aromatic carbocycles. The zero-order valence-corrected chi connectivity index (χ0v) is 16.4. The molecule has 2 heterocycles. The average molecular weight is 406 g/mol. The molecule has 2 aromatic rings. The number of hydrogen-bond acceptors (Lipinski definition) is 5. The maximum atomic E-state index is 12.8. The lowest BCUT2D eigenvalue weighted by atomic mass is 10.1. The Hall–Kier alpha value is -3.45. The Labute approximate surface area is 174 Å². The van der Waals surface area contributed by atoms with Gasteiger partial charge < -0.3 is 9.47 Å². The van der Waals surface area contributed by atoms with Gasteiger partial charge in [0.15, 0.2) is 0 Å². The lowest BCUT2D eigenvalue weighted by Crippen LogP contribution is -2.55. The lowest BCUT2D eigenvalue weighted by molar-refractivity contribution is -0.131. The first-order valence-corrected chi connectivity index (χ1v) is 9.87. The third kappa shape index (κ3) is 4.58. The molecule has 7 nitrogen and oxygen atoms in total. The smallest absolute Gasteiger partial charge is 0.331 e. The standard InChI is InChI=1S/C23H22N2O5/c26-21-20(22(27)25(23(28)24-21)14-19-7-4-12-29-19)13-16-8-10-18(11-9-16)30-15-17-5-2-1-3-6-17/h1-3,5-6,8-11,13,19H,4,7,12,14-15H2,(H,24,26,28)/b20-13+/t19-/m1/s1. The Morgan fingerprint density at radius 2 is 1.83 bits per heavy atom. The van der Waals surface area contributed by atoms with Gasteiger partial charge >= 0.3 is 6.03 Å². The van der Waals surface area contributed by atoms with Crippen molar-refractivity contribution in [2.45, 2.75) is 25.6 Å². The first-order chi connectivity index (χ1) is 14.6. The normalized spacial score (nSPS) is 20.5. The van der Waals surface area contributed by atoms with E-state index in [0.29, 0.717) is 24.5 Å². The van der Waals surface area contributed by atoms with Gasteiger partial charge in [-0.15, -0.1) is 0 Å². The van der Waals surface area contributed by atoms with Crippen molar-refractivity contribution in [1.82, 2.24) is 10.2 Å². The SMILES string of the molecule is O=C1NC(=O)N(C[C@H]2CCCO2)C(=O)/C1=C/c1ccc(OCc2ccccc2)cc1. The molecule has 1 N–H and O–H groups in total. The van der Waals surface area contributed by atoms with Gasteiger partial charge in [0.05, 0.1) is 12.6 Å². The van der Waals surface area contributed by atoms with Gasteiger partial charge in [-0.1, -0.05) is 42.5 Å². The van der Waals surface area contributed by atoms with Crippen LogP contribution in [-0.4, -0.2) is 42.0 Å². The van der Waals surface area contributed by atoms with Gasteiger partial charge in [0.25, 0.3) is 11.8 Å². The van der Waals surface area contributed by atoms with Crippen LogP contribution in [0.4, 0.5) is 4.79 Å². The number of amides is 4. The topological polar surface area (TPSA) is 84.9 Å². The van der Waals surface area contributed by atoms with E-state index < -0.39 is 17.8 Å². The first-order valence-electron chi connectivity index (χ1n) is 9.87. The number of carbonyl (C=O) groups is 3. The number of barbiturate groups is 1. The van der Waals surface area contributed by atoms with Crippen molar-refractivity contribution >= 4 is 23.9 Å². The number of carbonyl (C=O) groups excluding carboxylic acids is 3. The van der Waals surface area contributed by atoms with E-state index >= 15 is 0 Å². The van der Waals surface area contributed by atoms with E-state index in [4.69, 9.17) is 9.47 Å². The molecular formula is C23H22N2O5. The van der Waals surface area contributed by atoms with Crippen molar-refractivity contribution in [2.24, 2.45) is 0 Å². The van der Waals surface area contributed by atoms with Crippen LogP contribution in [0.25, 0.3) is 6.08 Å². The maximum Gasteiger partial charge on any atom is 0.331 e. The van der Waals surface area contributed by atoms with Gasteiger partial charge in [0.2, 0.25) is 0 Å². The fraction of sp³-hybridized carbons (Fsp3) is 0.261. The molecule has 0 aromatic heterocycles. The fourth-order valence-electron chi connectivity index (χ4n) is 3.42. The molecule has 2 fully saturated rings. The molecule has 0 bridgehead atoms. The number of hydrogen-bond donors (Lipinski definition) is 1. The Morgan fingerprint density at radius 1 is 1.07 bits per heavy atom. The minimum absolute atomic E-state index is 0.0782. The predicted octanol–water partition coefficient (Wildman–Crippen LogP) is 2.91. The highest BCUT2D eigenvalue weighted by Gasteiger charge is 2.37. The van der Waals surface area contributed by atoms with Crippen LogP contribution >= 0.6 is 0 Å². The second-order valence-electron chi connectivity index (χ2n) is 7.21. The lowest BCUT2D eigenvalue weighted by Gasteiger charge is -2.28. The highest BCUT2D eigenvalue weighted by Crippen LogP contribution is 2.20. The third-order valence-electron chi connectivity index (χ3n) is 5.04. The van der Waals surface area contributed by atoms with Crippen LogP contribution in [-0.2, 0) is 20.9 Å². The highest BCUT2D eigenvalue weighted by molar-refractivity contribution is 6.31. The zero-order chi connectivity index (χ0) is 20.9. The van der Waals surface area contributed by atoms with Crippen molar-refractivity contribution in [3.05, 3.63) is 71.3 Å². The number of ether oxygens (including phenoxy) is 2. The van der Waals surface area contributed by atoms with E-state index in [1.165, 1.54) is 6.08 Å². The van der Waals surface area contributed by atoms with E-state index in [-0.39, 0.29) is 18.2 Å². The van der Waals surface area contributed by atoms with Crippen LogP contribution in [0.2, 0.25) is 0 Å².